The van der Waals surface area contributed by atoms with Gasteiger partial charge in [-0.2, -0.15) is 0 Å². The van der Waals surface area contributed by atoms with Gasteiger partial charge in [-0.15, -0.1) is 0 Å². The van der Waals surface area contributed by atoms with Gasteiger partial charge in [-0.3, -0.25) is 4.79 Å². The Hall–Kier alpha value is -2.29. The summed E-state index contributed by atoms with van der Waals surface area (Å²) >= 11 is 2.13. The van der Waals surface area contributed by atoms with Crippen LogP contribution < -0.4 is 14.8 Å². The molecule has 6 nitrogen and oxygen atoms in total. The lowest BCUT2D eigenvalue weighted by Crippen LogP contribution is -2.27. The topological polar surface area (TPSA) is 65.4 Å². The first-order valence-corrected chi connectivity index (χ1v) is 9.80. The standard InChI is InChI=1S/C20H22IN3O3/c1-4-24-16-8-6-5-7-15(16)23-19(24)9-10-22-20(25)13-11-17(26-2)18(27-3)12-14(13)21/h5-8,11-12H,4,9-10H2,1-3H3,(H,22,25). The summed E-state index contributed by atoms with van der Waals surface area (Å²) in [5, 5.41) is 2.98. The number of methoxy groups -OCH3 is 2. The number of benzene rings is 2. The van der Waals surface area contributed by atoms with Crippen LogP contribution in [-0.2, 0) is 13.0 Å². The lowest BCUT2D eigenvalue weighted by molar-refractivity contribution is 0.0952. The average molecular weight is 479 g/mol. The van der Waals surface area contributed by atoms with Gasteiger partial charge in [-0.1, -0.05) is 12.1 Å². The number of imidazole rings is 1. The van der Waals surface area contributed by atoms with Crippen LogP contribution in [-0.4, -0.2) is 36.2 Å². The first kappa shape index (κ1) is 19.5. The number of fused-ring (bicyclic) bond motifs is 1. The second-order valence-corrected chi connectivity index (χ2v) is 7.12. The zero-order valence-electron chi connectivity index (χ0n) is 15.6. The summed E-state index contributed by atoms with van der Waals surface area (Å²) in [4.78, 5) is 17.3. The smallest absolute Gasteiger partial charge is 0.252 e. The summed E-state index contributed by atoms with van der Waals surface area (Å²) in [5.41, 5.74) is 2.67. The van der Waals surface area contributed by atoms with Crippen molar-refractivity contribution in [3.63, 3.8) is 0 Å². The van der Waals surface area contributed by atoms with E-state index in [0.717, 1.165) is 27.0 Å². The van der Waals surface area contributed by atoms with Crippen LogP contribution in [0, 0.1) is 3.57 Å². The molecule has 0 atom stereocenters. The third-order valence-electron chi connectivity index (χ3n) is 4.40. The fraction of sp³-hybridized carbons (Fsp3) is 0.300. The molecule has 27 heavy (non-hydrogen) atoms. The van der Waals surface area contributed by atoms with E-state index in [9.17, 15) is 4.79 Å². The molecule has 3 aromatic rings. The molecule has 0 fully saturated rings. The van der Waals surface area contributed by atoms with Crippen molar-refractivity contribution in [1.82, 2.24) is 14.9 Å². The quantitative estimate of drug-likeness (QED) is 0.526. The second kappa shape index (κ2) is 8.60. The van der Waals surface area contributed by atoms with E-state index in [2.05, 4.69) is 45.5 Å². The van der Waals surface area contributed by atoms with Crippen LogP contribution in [0.15, 0.2) is 36.4 Å². The number of aryl methyl sites for hydroxylation is 1. The average Bonchev–Trinajstić information content (AvgIpc) is 3.04. The number of nitrogens with zero attached hydrogens (tertiary/aromatic N) is 2. The Labute approximate surface area is 172 Å². The number of nitrogens with one attached hydrogen (secondary N) is 1. The minimum absolute atomic E-state index is 0.139. The third-order valence-corrected chi connectivity index (χ3v) is 5.29. The highest BCUT2D eigenvalue weighted by Crippen LogP contribution is 2.31. The fourth-order valence-corrected chi connectivity index (χ4v) is 3.76. The predicted octanol–water partition coefficient (Wildman–Crippen LogP) is 3.65. The van der Waals surface area contributed by atoms with Crippen molar-refractivity contribution >= 4 is 39.5 Å². The number of hydrogen-bond donors (Lipinski definition) is 1. The van der Waals surface area contributed by atoms with Crippen LogP contribution in [0.2, 0.25) is 0 Å². The molecule has 1 amide bonds. The number of rotatable bonds is 7. The first-order valence-electron chi connectivity index (χ1n) is 8.72. The van der Waals surface area contributed by atoms with Crippen LogP contribution >= 0.6 is 22.6 Å². The van der Waals surface area contributed by atoms with Gasteiger partial charge in [-0.05, 0) is 53.8 Å². The number of aromatic nitrogens is 2. The van der Waals surface area contributed by atoms with Crippen LogP contribution in [0.3, 0.4) is 0 Å². The minimum atomic E-state index is -0.139. The Balaban J connectivity index is 1.72. The molecule has 0 aliphatic heterocycles. The molecule has 7 heteroatoms. The summed E-state index contributed by atoms with van der Waals surface area (Å²) in [6.07, 6.45) is 0.665. The molecule has 0 unspecified atom stereocenters. The molecule has 3 rings (SSSR count). The van der Waals surface area contributed by atoms with E-state index < -0.39 is 0 Å². The van der Waals surface area contributed by atoms with E-state index in [-0.39, 0.29) is 5.91 Å². The lowest BCUT2D eigenvalue weighted by Gasteiger charge is -2.12. The van der Waals surface area contributed by atoms with Crippen molar-refractivity contribution in [1.29, 1.82) is 0 Å². The van der Waals surface area contributed by atoms with Gasteiger partial charge in [0.15, 0.2) is 11.5 Å². The van der Waals surface area contributed by atoms with Crippen LogP contribution in [0.1, 0.15) is 23.1 Å². The normalized spacial score (nSPS) is 10.8. The summed E-state index contributed by atoms with van der Waals surface area (Å²) < 4.78 is 13.6. The Morgan fingerprint density at radius 3 is 2.59 bits per heavy atom. The van der Waals surface area contributed by atoms with Crippen molar-refractivity contribution in [2.45, 2.75) is 19.9 Å². The second-order valence-electron chi connectivity index (χ2n) is 5.95. The van der Waals surface area contributed by atoms with E-state index in [4.69, 9.17) is 14.5 Å². The molecule has 0 spiro atoms. The van der Waals surface area contributed by atoms with E-state index in [0.29, 0.717) is 30.0 Å². The van der Waals surface area contributed by atoms with E-state index in [1.54, 1.807) is 26.4 Å². The Bertz CT molecular complexity index is 969. The van der Waals surface area contributed by atoms with Gasteiger partial charge in [0.1, 0.15) is 5.82 Å². The van der Waals surface area contributed by atoms with Gasteiger partial charge in [0.2, 0.25) is 0 Å². The van der Waals surface area contributed by atoms with Gasteiger partial charge in [-0.25, -0.2) is 4.98 Å². The van der Waals surface area contributed by atoms with Crippen molar-refractivity contribution in [3.05, 3.63) is 51.4 Å². The van der Waals surface area contributed by atoms with Crippen LogP contribution in [0.25, 0.3) is 11.0 Å². The molecule has 1 aromatic heterocycles. The fourth-order valence-electron chi connectivity index (χ4n) is 3.08. The summed E-state index contributed by atoms with van der Waals surface area (Å²) in [7, 11) is 3.13. The molecule has 0 saturated carbocycles. The Morgan fingerprint density at radius 1 is 1.19 bits per heavy atom. The maximum atomic E-state index is 12.6. The van der Waals surface area contributed by atoms with Gasteiger partial charge < -0.3 is 19.4 Å². The van der Waals surface area contributed by atoms with Crippen molar-refractivity contribution in [3.8, 4) is 11.5 Å². The number of hydrogen-bond acceptors (Lipinski definition) is 4. The number of carbonyl (C=O) groups excluding carboxylic acids is 1. The molecule has 1 N–H and O–H groups in total. The number of halogens is 1. The maximum absolute atomic E-state index is 12.6. The molecule has 0 saturated heterocycles. The molecule has 1 heterocycles. The molecule has 142 valence electrons. The first-order chi connectivity index (χ1) is 13.1. The van der Waals surface area contributed by atoms with Crippen molar-refractivity contribution in [2.24, 2.45) is 0 Å². The largest absolute Gasteiger partial charge is 0.493 e. The van der Waals surface area contributed by atoms with Gasteiger partial charge in [0.05, 0.1) is 30.8 Å². The molecule has 0 aliphatic carbocycles. The number of amides is 1. The lowest BCUT2D eigenvalue weighted by atomic mass is 10.2. The molecule has 0 radical (unpaired) electrons. The highest BCUT2D eigenvalue weighted by atomic mass is 127. The molecule has 0 bridgehead atoms. The minimum Gasteiger partial charge on any atom is -0.493 e. The van der Waals surface area contributed by atoms with Crippen LogP contribution in [0.5, 0.6) is 11.5 Å². The molecular formula is C20H22IN3O3. The third kappa shape index (κ3) is 4.02. The highest BCUT2D eigenvalue weighted by molar-refractivity contribution is 14.1. The van der Waals surface area contributed by atoms with Crippen molar-refractivity contribution in [2.75, 3.05) is 20.8 Å². The summed E-state index contributed by atoms with van der Waals surface area (Å²) in [5.74, 6) is 1.98. The Kier molecular flexibility index (Phi) is 6.20. The zero-order valence-corrected chi connectivity index (χ0v) is 17.7. The molecular weight excluding hydrogens is 457 g/mol. The number of para-hydroxylation sites is 2. The molecule has 0 aliphatic rings. The predicted molar refractivity (Wildman–Crippen MR) is 114 cm³/mol. The van der Waals surface area contributed by atoms with Crippen molar-refractivity contribution < 1.29 is 14.3 Å². The highest BCUT2D eigenvalue weighted by Gasteiger charge is 2.16. The summed E-state index contributed by atoms with van der Waals surface area (Å²) in [6, 6.07) is 11.6. The van der Waals surface area contributed by atoms with E-state index in [1.165, 1.54) is 0 Å². The maximum Gasteiger partial charge on any atom is 0.252 e. The number of ether oxygens (including phenoxy) is 2. The summed E-state index contributed by atoms with van der Waals surface area (Å²) in [6.45, 7) is 3.45. The SMILES string of the molecule is CCn1c(CCNC(=O)c2cc(OC)c(OC)cc2I)nc2ccccc21. The van der Waals surface area contributed by atoms with Gasteiger partial charge in [0.25, 0.3) is 5.91 Å². The van der Waals surface area contributed by atoms with Gasteiger partial charge >= 0.3 is 0 Å². The monoisotopic (exact) mass is 479 g/mol. The molecule has 2 aromatic carbocycles. The van der Waals surface area contributed by atoms with E-state index in [1.807, 2.05) is 18.2 Å². The zero-order chi connectivity index (χ0) is 19.4. The van der Waals surface area contributed by atoms with Gasteiger partial charge in [0, 0.05) is 23.1 Å². The van der Waals surface area contributed by atoms with Crippen LogP contribution in [0.4, 0.5) is 0 Å². The van der Waals surface area contributed by atoms with E-state index >= 15 is 0 Å². The Morgan fingerprint density at radius 2 is 1.89 bits per heavy atom. The number of carbonyl (C=O) groups is 1.